The van der Waals surface area contributed by atoms with Crippen LogP contribution in [0, 0.1) is 5.92 Å². The molecule has 1 aliphatic heterocycles. The van der Waals surface area contributed by atoms with Crippen LogP contribution in [0.3, 0.4) is 0 Å². The van der Waals surface area contributed by atoms with Crippen LogP contribution in [0.1, 0.15) is 19.8 Å². The number of ether oxygens (including phenoxy) is 1. The number of hydrogen-bond acceptors (Lipinski definition) is 7. The Morgan fingerprint density at radius 2 is 1.83 bits per heavy atom. The fourth-order valence-corrected chi connectivity index (χ4v) is 3.32. The van der Waals surface area contributed by atoms with Gasteiger partial charge in [-0.1, -0.05) is 19.1 Å². The molecule has 7 nitrogen and oxygen atoms in total. The van der Waals surface area contributed by atoms with Crippen molar-refractivity contribution in [2.75, 3.05) is 23.3 Å². The van der Waals surface area contributed by atoms with Crippen molar-refractivity contribution in [3.63, 3.8) is 0 Å². The largest absolute Gasteiger partial charge is 0.435 e. The number of rotatable bonds is 6. The van der Waals surface area contributed by atoms with Crippen LogP contribution >= 0.6 is 0 Å². The normalized spacial score (nSPS) is 14.7. The van der Waals surface area contributed by atoms with Crippen LogP contribution in [-0.2, 0) is 0 Å². The van der Waals surface area contributed by atoms with E-state index in [0.29, 0.717) is 17.6 Å². The Kier molecular flexibility index (Phi) is 5.97. The van der Waals surface area contributed by atoms with Crippen LogP contribution in [0.4, 0.5) is 26.4 Å². The Bertz CT molecular complexity index is 977. The van der Waals surface area contributed by atoms with E-state index in [2.05, 4.69) is 42.0 Å². The molecule has 0 amide bonds. The maximum absolute atomic E-state index is 12.3. The van der Waals surface area contributed by atoms with Crippen molar-refractivity contribution in [3.8, 4) is 16.9 Å². The van der Waals surface area contributed by atoms with E-state index in [4.69, 9.17) is 0 Å². The lowest BCUT2D eigenvalue weighted by Crippen LogP contribution is -2.34. The van der Waals surface area contributed by atoms with E-state index in [1.54, 1.807) is 30.6 Å². The Labute approximate surface area is 173 Å². The Hall–Kier alpha value is -3.36. The molecule has 2 aromatic heterocycles. The van der Waals surface area contributed by atoms with Gasteiger partial charge in [0, 0.05) is 24.8 Å². The highest BCUT2D eigenvalue weighted by atomic mass is 19.3. The van der Waals surface area contributed by atoms with Crippen molar-refractivity contribution < 1.29 is 13.5 Å². The number of benzene rings is 1. The van der Waals surface area contributed by atoms with Crippen molar-refractivity contribution in [2.45, 2.75) is 26.4 Å². The number of nitrogens with one attached hydrogen (secondary N) is 1. The molecule has 0 bridgehead atoms. The van der Waals surface area contributed by atoms with Gasteiger partial charge in [0.05, 0.1) is 6.20 Å². The molecular weight excluding hydrogens is 390 g/mol. The minimum absolute atomic E-state index is 0.106. The quantitative estimate of drug-likeness (QED) is 0.638. The summed E-state index contributed by atoms with van der Waals surface area (Å²) in [6, 6.07) is 9.97. The fraction of sp³-hybridized carbons (Fsp3) is 0.333. The molecule has 0 saturated carbocycles. The molecule has 3 aromatic rings. The smallest absolute Gasteiger partial charge is 0.387 e. The lowest BCUT2D eigenvalue weighted by atomic mass is 10.00. The second kappa shape index (κ2) is 8.98. The Balaban J connectivity index is 1.47. The van der Waals surface area contributed by atoms with Crippen LogP contribution in [0.15, 0.2) is 48.8 Å². The minimum atomic E-state index is -2.85. The zero-order valence-corrected chi connectivity index (χ0v) is 16.5. The van der Waals surface area contributed by atoms with Crippen molar-refractivity contribution in [2.24, 2.45) is 5.92 Å². The van der Waals surface area contributed by atoms with Crippen LogP contribution in [0.5, 0.6) is 5.75 Å². The number of alkyl halides is 2. The second-order valence-electron chi connectivity index (χ2n) is 7.27. The number of aromatic nitrogens is 4. The highest BCUT2D eigenvalue weighted by molar-refractivity contribution is 5.67. The Morgan fingerprint density at radius 1 is 1.07 bits per heavy atom. The van der Waals surface area contributed by atoms with Crippen molar-refractivity contribution in [1.29, 1.82) is 0 Å². The van der Waals surface area contributed by atoms with Crippen molar-refractivity contribution in [3.05, 3.63) is 48.8 Å². The minimum Gasteiger partial charge on any atom is -0.435 e. The molecule has 30 heavy (non-hydrogen) atoms. The summed E-state index contributed by atoms with van der Waals surface area (Å²) in [5.74, 6) is 2.69. The van der Waals surface area contributed by atoms with E-state index in [-0.39, 0.29) is 5.75 Å². The number of hydrogen-bond donors (Lipinski definition) is 1. The van der Waals surface area contributed by atoms with E-state index in [1.807, 2.05) is 6.07 Å². The van der Waals surface area contributed by atoms with Crippen LogP contribution in [-0.4, -0.2) is 39.9 Å². The lowest BCUT2D eigenvalue weighted by Gasteiger charge is -2.30. The molecule has 1 aromatic carbocycles. The molecule has 0 unspecified atom stereocenters. The number of halogens is 2. The number of nitrogens with zero attached hydrogens (tertiary/aromatic N) is 5. The molecule has 0 atom stereocenters. The van der Waals surface area contributed by atoms with Crippen LogP contribution in [0.25, 0.3) is 11.1 Å². The highest BCUT2D eigenvalue weighted by Gasteiger charge is 2.18. The van der Waals surface area contributed by atoms with E-state index in [1.165, 1.54) is 12.1 Å². The molecule has 0 spiro atoms. The van der Waals surface area contributed by atoms with Gasteiger partial charge in [0.15, 0.2) is 5.82 Å². The molecule has 1 fully saturated rings. The highest BCUT2D eigenvalue weighted by Crippen LogP contribution is 2.25. The topological polar surface area (TPSA) is 76.1 Å². The fourth-order valence-electron chi connectivity index (χ4n) is 3.32. The molecule has 0 aliphatic carbocycles. The van der Waals surface area contributed by atoms with Crippen molar-refractivity contribution >= 4 is 17.6 Å². The van der Waals surface area contributed by atoms with Gasteiger partial charge in [0.1, 0.15) is 11.6 Å². The summed E-state index contributed by atoms with van der Waals surface area (Å²) in [6.45, 7) is 1.32. The zero-order valence-electron chi connectivity index (χ0n) is 16.5. The molecule has 1 aliphatic rings. The zero-order chi connectivity index (χ0) is 20.9. The molecule has 1 N–H and O–H groups in total. The third-order valence-corrected chi connectivity index (χ3v) is 5.03. The van der Waals surface area contributed by atoms with Gasteiger partial charge in [-0.05, 0) is 48.6 Å². The first kappa shape index (κ1) is 19.9. The first-order valence-electron chi connectivity index (χ1n) is 9.80. The van der Waals surface area contributed by atoms with Gasteiger partial charge in [-0.15, -0.1) is 5.10 Å². The monoisotopic (exact) mass is 412 g/mol. The van der Waals surface area contributed by atoms with Gasteiger partial charge in [0.2, 0.25) is 5.95 Å². The van der Waals surface area contributed by atoms with Gasteiger partial charge >= 0.3 is 6.61 Å². The predicted octanol–water partition coefficient (Wildman–Crippen LogP) is 4.51. The van der Waals surface area contributed by atoms with E-state index in [0.717, 1.165) is 43.0 Å². The molecule has 1 saturated heterocycles. The lowest BCUT2D eigenvalue weighted by molar-refractivity contribution is -0.0498. The van der Waals surface area contributed by atoms with Gasteiger partial charge in [0.25, 0.3) is 0 Å². The average Bonchev–Trinajstić information content (AvgIpc) is 2.75. The van der Waals surface area contributed by atoms with Crippen molar-refractivity contribution in [1.82, 2.24) is 20.2 Å². The van der Waals surface area contributed by atoms with Gasteiger partial charge < -0.3 is 15.0 Å². The maximum atomic E-state index is 12.3. The second-order valence-corrected chi connectivity index (χ2v) is 7.27. The van der Waals surface area contributed by atoms with Gasteiger partial charge in [-0.3, -0.25) is 0 Å². The summed E-state index contributed by atoms with van der Waals surface area (Å²) >= 11 is 0. The number of anilines is 3. The molecule has 3 heterocycles. The summed E-state index contributed by atoms with van der Waals surface area (Å²) in [6.07, 6.45) is 5.60. The average molecular weight is 412 g/mol. The Morgan fingerprint density at radius 3 is 2.57 bits per heavy atom. The summed E-state index contributed by atoms with van der Waals surface area (Å²) in [5, 5.41) is 11.3. The third kappa shape index (κ3) is 4.97. The first-order chi connectivity index (χ1) is 14.6. The summed E-state index contributed by atoms with van der Waals surface area (Å²) in [5.41, 5.74) is 1.59. The first-order valence-corrected chi connectivity index (χ1v) is 9.80. The molecular formula is C21H22F2N6O. The van der Waals surface area contributed by atoms with Gasteiger partial charge in [-0.25, -0.2) is 4.98 Å². The molecule has 0 radical (unpaired) electrons. The summed E-state index contributed by atoms with van der Waals surface area (Å²) < 4.78 is 29.0. The van der Waals surface area contributed by atoms with Crippen LogP contribution in [0.2, 0.25) is 0 Å². The molecule has 9 heteroatoms. The number of piperidine rings is 1. The third-order valence-electron chi connectivity index (χ3n) is 5.03. The molecule has 4 rings (SSSR count). The van der Waals surface area contributed by atoms with E-state index in [9.17, 15) is 8.78 Å². The van der Waals surface area contributed by atoms with E-state index >= 15 is 0 Å². The standard InChI is InChI=1S/C21H22F2N6O/c1-14-7-10-29(11-8-14)21-24-9-6-18(27-21)26-19-12-16(13-25-28-19)15-2-4-17(5-3-15)30-20(22)23/h2-6,9,12-14,20H,7-8,10-11H2,1H3,(H,24,26,27,28). The summed E-state index contributed by atoms with van der Waals surface area (Å²) in [7, 11) is 0. The summed E-state index contributed by atoms with van der Waals surface area (Å²) in [4.78, 5) is 11.2. The van der Waals surface area contributed by atoms with Crippen LogP contribution < -0.4 is 15.0 Å². The van der Waals surface area contributed by atoms with Gasteiger partial charge in [-0.2, -0.15) is 18.9 Å². The maximum Gasteiger partial charge on any atom is 0.387 e. The SMILES string of the molecule is CC1CCN(c2nccc(Nc3cc(-c4ccc(OC(F)F)cc4)cnn3)n2)CC1. The molecule has 156 valence electrons. The predicted molar refractivity (Wildman–Crippen MR) is 110 cm³/mol. The van der Waals surface area contributed by atoms with E-state index < -0.39 is 6.61 Å².